The van der Waals surface area contributed by atoms with Crippen molar-refractivity contribution in [1.82, 2.24) is 14.8 Å². The zero-order chi connectivity index (χ0) is 15.0. The summed E-state index contributed by atoms with van der Waals surface area (Å²) in [6.45, 7) is 0. The van der Waals surface area contributed by atoms with Crippen LogP contribution in [0.15, 0.2) is 47.8 Å². The number of anilines is 2. The molecule has 8 heteroatoms. The van der Waals surface area contributed by atoms with Gasteiger partial charge in [0.1, 0.15) is 4.90 Å². The highest BCUT2D eigenvalue weighted by molar-refractivity contribution is 7.92. The number of nitrogen functional groups attached to an aromatic ring is 1. The quantitative estimate of drug-likeness (QED) is 0.760. The van der Waals surface area contributed by atoms with Crippen molar-refractivity contribution in [2.45, 2.75) is 4.90 Å². The number of pyridine rings is 1. The van der Waals surface area contributed by atoms with Gasteiger partial charge in [0.25, 0.3) is 10.0 Å². The van der Waals surface area contributed by atoms with E-state index < -0.39 is 10.0 Å². The maximum atomic E-state index is 12.4. The van der Waals surface area contributed by atoms with Gasteiger partial charge in [-0.1, -0.05) is 12.1 Å². The van der Waals surface area contributed by atoms with E-state index in [0.717, 1.165) is 5.39 Å². The summed E-state index contributed by atoms with van der Waals surface area (Å²) in [5.41, 5.74) is 6.08. The van der Waals surface area contributed by atoms with Crippen LogP contribution in [0.2, 0.25) is 0 Å². The molecule has 3 aromatic rings. The second kappa shape index (κ2) is 4.74. The summed E-state index contributed by atoms with van der Waals surface area (Å²) in [7, 11) is -2.19. The third-order valence-electron chi connectivity index (χ3n) is 3.04. The van der Waals surface area contributed by atoms with E-state index >= 15 is 0 Å². The van der Waals surface area contributed by atoms with Gasteiger partial charge in [0.15, 0.2) is 5.82 Å². The molecule has 21 heavy (non-hydrogen) atoms. The molecule has 0 aliphatic carbocycles. The number of rotatable bonds is 3. The lowest BCUT2D eigenvalue weighted by atomic mass is 10.1. The molecule has 0 fully saturated rings. The molecule has 108 valence electrons. The molecule has 0 spiro atoms. The SMILES string of the molecule is Cn1cc(S(=O)(=O)Nc2cccc3ccncc23)c(N)n1. The Labute approximate surface area is 121 Å². The van der Waals surface area contributed by atoms with Crippen molar-refractivity contribution in [3.63, 3.8) is 0 Å². The summed E-state index contributed by atoms with van der Waals surface area (Å²) in [4.78, 5) is 3.97. The van der Waals surface area contributed by atoms with E-state index in [9.17, 15) is 8.42 Å². The summed E-state index contributed by atoms with van der Waals surface area (Å²) in [6, 6.07) is 7.14. The minimum atomic E-state index is -3.80. The van der Waals surface area contributed by atoms with Gasteiger partial charge in [0.05, 0.1) is 5.69 Å². The fourth-order valence-electron chi connectivity index (χ4n) is 2.09. The Morgan fingerprint density at radius 1 is 1.29 bits per heavy atom. The van der Waals surface area contributed by atoms with E-state index in [-0.39, 0.29) is 10.7 Å². The normalized spacial score (nSPS) is 11.7. The summed E-state index contributed by atoms with van der Waals surface area (Å²) < 4.78 is 28.7. The van der Waals surface area contributed by atoms with Gasteiger partial charge < -0.3 is 5.73 Å². The summed E-state index contributed by atoms with van der Waals surface area (Å²) in [5.74, 6) is -0.0386. The van der Waals surface area contributed by atoms with Crippen LogP contribution in [0, 0.1) is 0 Å². The van der Waals surface area contributed by atoms with Crippen molar-refractivity contribution >= 4 is 32.3 Å². The van der Waals surface area contributed by atoms with Crippen molar-refractivity contribution in [2.75, 3.05) is 10.5 Å². The number of hydrogen-bond acceptors (Lipinski definition) is 5. The Kier molecular flexibility index (Phi) is 3.02. The monoisotopic (exact) mass is 303 g/mol. The molecule has 0 aliphatic heterocycles. The molecule has 0 unspecified atom stereocenters. The van der Waals surface area contributed by atoms with Crippen LogP contribution in [0.25, 0.3) is 10.8 Å². The first-order valence-corrected chi connectivity index (χ1v) is 7.60. The number of nitrogens with one attached hydrogen (secondary N) is 1. The van der Waals surface area contributed by atoms with Crippen molar-refractivity contribution in [2.24, 2.45) is 7.05 Å². The molecule has 0 radical (unpaired) electrons. The zero-order valence-corrected chi connectivity index (χ0v) is 12.0. The van der Waals surface area contributed by atoms with Crippen molar-refractivity contribution in [1.29, 1.82) is 0 Å². The largest absolute Gasteiger partial charge is 0.381 e. The molecule has 2 heterocycles. The molecule has 0 saturated heterocycles. The standard InChI is InChI=1S/C13H13N5O2S/c1-18-8-12(13(14)16-18)21(19,20)17-11-4-2-3-9-5-6-15-7-10(9)11/h2-8,17H,1H3,(H2,14,16). The van der Waals surface area contributed by atoms with Crippen LogP contribution in [0.4, 0.5) is 11.5 Å². The highest BCUT2D eigenvalue weighted by Crippen LogP contribution is 2.26. The predicted molar refractivity (Wildman–Crippen MR) is 80.2 cm³/mol. The molecular formula is C13H13N5O2S. The molecule has 3 N–H and O–H groups in total. The van der Waals surface area contributed by atoms with Gasteiger partial charge in [0.2, 0.25) is 0 Å². The smallest absolute Gasteiger partial charge is 0.267 e. The maximum absolute atomic E-state index is 12.4. The molecule has 2 aromatic heterocycles. The first-order valence-electron chi connectivity index (χ1n) is 6.12. The van der Waals surface area contributed by atoms with Crippen molar-refractivity contribution < 1.29 is 8.42 Å². The van der Waals surface area contributed by atoms with E-state index in [4.69, 9.17) is 5.73 Å². The minimum Gasteiger partial charge on any atom is -0.381 e. The van der Waals surface area contributed by atoms with Gasteiger partial charge >= 0.3 is 0 Å². The first kappa shape index (κ1) is 13.4. The molecule has 1 aromatic carbocycles. The molecule has 3 rings (SSSR count). The third kappa shape index (κ3) is 2.40. The molecule has 0 aliphatic rings. The van der Waals surface area contributed by atoms with E-state index in [0.29, 0.717) is 11.1 Å². The lowest BCUT2D eigenvalue weighted by molar-refractivity contribution is 0.601. The molecule has 0 saturated carbocycles. The Morgan fingerprint density at radius 2 is 2.10 bits per heavy atom. The topological polar surface area (TPSA) is 103 Å². The molecule has 0 atom stereocenters. The van der Waals surface area contributed by atoms with Crippen molar-refractivity contribution in [3.05, 3.63) is 42.9 Å². The molecule has 0 amide bonds. The van der Waals surface area contributed by atoms with Gasteiger partial charge in [-0.05, 0) is 17.5 Å². The first-order chi connectivity index (χ1) is 9.97. The van der Waals surface area contributed by atoms with Crippen LogP contribution in [0.5, 0.6) is 0 Å². The number of hydrogen-bond donors (Lipinski definition) is 2. The third-order valence-corrected chi connectivity index (χ3v) is 4.42. The van der Waals surface area contributed by atoms with E-state index in [1.54, 1.807) is 31.6 Å². The number of nitrogens with zero attached hydrogens (tertiary/aromatic N) is 3. The van der Waals surface area contributed by atoms with Crippen LogP contribution >= 0.6 is 0 Å². The second-order valence-corrected chi connectivity index (χ2v) is 6.21. The number of aryl methyl sites for hydroxylation is 1. The van der Waals surface area contributed by atoms with Gasteiger partial charge in [-0.3, -0.25) is 14.4 Å². The van der Waals surface area contributed by atoms with E-state index in [2.05, 4.69) is 14.8 Å². The number of sulfonamides is 1. The Balaban J connectivity index is 2.08. The molecule has 0 bridgehead atoms. The Bertz CT molecular complexity index is 912. The van der Waals surface area contributed by atoms with E-state index in [1.165, 1.54) is 10.9 Å². The maximum Gasteiger partial charge on any atom is 0.267 e. The minimum absolute atomic E-state index is 0.0386. The number of nitrogens with two attached hydrogens (primary N) is 1. The zero-order valence-electron chi connectivity index (χ0n) is 11.2. The number of fused-ring (bicyclic) bond motifs is 1. The van der Waals surface area contributed by atoms with Gasteiger partial charge in [-0.25, -0.2) is 8.42 Å². The van der Waals surface area contributed by atoms with Crippen molar-refractivity contribution in [3.8, 4) is 0 Å². The van der Waals surface area contributed by atoms with Gasteiger partial charge in [0, 0.05) is 31.0 Å². The summed E-state index contributed by atoms with van der Waals surface area (Å²) in [6.07, 6.45) is 4.63. The van der Waals surface area contributed by atoms with Crippen LogP contribution in [-0.2, 0) is 17.1 Å². The van der Waals surface area contributed by atoms with E-state index in [1.807, 2.05) is 12.1 Å². The fraction of sp³-hybridized carbons (Fsp3) is 0.0769. The predicted octanol–water partition coefficient (Wildman–Crippen LogP) is 1.35. The summed E-state index contributed by atoms with van der Waals surface area (Å²) in [5, 5.41) is 5.45. The van der Waals surface area contributed by atoms with Crippen LogP contribution in [0.1, 0.15) is 0 Å². The summed E-state index contributed by atoms with van der Waals surface area (Å²) >= 11 is 0. The van der Waals surface area contributed by atoms with Crippen LogP contribution in [0.3, 0.4) is 0 Å². The highest BCUT2D eigenvalue weighted by atomic mass is 32.2. The Hall–Kier alpha value is -2.61. The van der Waals surface area contributed by atoms with Crippen LogP contribution in [-0.4, -0.2) is 23.2 Å². The average molecular weight is 303 g/mol. The molecular weight excluding hydrogens is 290 g/mol. The fourth-order valence-corrected chi connectivity index (χ4v) is 3.28. The Morgan fingerprint density at radius 3 is 2.81 bits per heavy atom. The van der Waals surface area contributed by atoms with Gasteiger partial charge in [-0.2, -0.15) is 5.10 Å². The van der Waals surface area contributed by atoms with Gasteiger partial charge in [-0.15, -0.1) is 0 Å². The average Bonchev–Trinajstić information content (AvgIpc) is 2.79. The molecule has 7 nitrogen and oxygen atoms in total. The van der Waals surface area contributed by atoms with Crippen LogP contribution < -0.4 is 10.5 Å². The highest BCUT2D eigenvalue weighted by Gasteiger charge is 2.21. The number of aromatic nitrogens is 3. The lowest BCUT2D eigenvalue weighted by Crippen LogP contribution is -2.14. The second-order valence-electron chi connectivity index (χ2n) is 4.56. The number of benzene rings is 1. The lowest BCUT2D eigenvalue weighted by Gasteiger charge is -2.09.